The van der Waals surface area contributed by atoms with Crippen molar-refractivity contribution in [2.45, 2.75) is 13.8 Å². The fraction of sp³-hybridized carbons (Fsp3) is 0.214. The lowest BCUT2D eigenvalue weighted by molar-refractivity contribution is 0.0490. The standard InChI is InChI=1S/C14H12N2O3S/c1-3-18-14(17)11-8(2)15-12(19-11)13-16-9-6-4-5-7-10(9)20-13/h4-7H,3H2,1-2H3. The first-order valence-corrected chi connectivity index (χ1v) is 7.01. The maximum atomic E-state index is 11.7. The van der Waals surface area contributed by atoms with Gasteiger partial charge in [-0.25, -0.2) is 14.8 Å². The van der Waals surface area contributed by atoms with Crippen LogP contribution in [-0.4, -0.2) is 22.5 Å². The van der Waals surface area contributed by atoms with Crippen LogP contribution in [0.25, 0.3) is 21.1 Å². The third-order valence-corrected chi connectivity index (χ3v) is 3.76. The van der Waals surface area contributed by atoms with Gasteiger partial charge in [-0.2, -0.15) is 0 Å². The van der Waals surface area contributed by atoms with Gasteiger partial charge in [0, 0.05) is 0 Å². The molecular formula is C14H12N2O3S. The van der Waals surface area contributed by atoms with Crippen LogP contribution >= 0.6 is 11.3 Å². The largest absolute Gasteiger partial charge is 0.460 e. The van der Waals surface area contributed by atoms with Gasteiger partial charge in [0.25, 0.3) is 5.89 Å². The van der Waals surface area contributed by atoms with E-state index in [2.05, 4.69) is 9.97 Å². The van der Waals surface area contributed by atoms with E-state index in [1.807, 2.05) is 24.3 Å². The SMILES string of the molecule is CCOC(=O)c1oc(-c2nc3ccccc3s2)nc1C. The number of benzene rings is 1. The molecule has 0 aliphatic rings. The molecule has 20 heavy (non-hydrogen) atoms. The number of fused-ring (bicyclic) bond motifs is 1. The van der Waals surface area contributed by atoms with Gasteiger partial charge < -0.3 is 9.15 Å². The fourth-order valence-electron chi connectivity index (χ4n) is 1.84. The van der Waals surface area contributed by atoms with Gasteiger partial charge in [0.05, 0.1) is 22.5 Å². The van der Waals surface area contributed by atoms with Gasteiger partial charge in [0.1, 0.15) is 0 Å². The molecule has 0 aliphatic carbocycles. The molecule has 0 N–H and O–H groups in total. The molecule has 0 saturated heterocycles. The summed E-state index contributed by atoms with van der Waals surface area (Å²) < 4.78 is 11.5. The van der Waals surface area contributed by atoms with Gasteiger partial charge in [-0.3, -0.25) is 0 Å². The normalized spacial score (nSPS) is 10.9. The Hall–Kier alpha value is -2.21. The Morgan fingerprint density at radius 2 is 2.15 bits per heavy atom. The van der Waals surface area contributed by atoms with Crippen LogP contribution in [0.4, 0.5) is 0 Å². The first-order valence-electron chi connectivity index (χ1n) is 6.19. The number of ether oxygens (including phenoxy) is 1. The molecule has 3 rings (SSSR count). The molecule has 0 amide bonds. The summed E-state index contributed by atoms with van der Waals surface area (Å²) in [5, 5.41) is 0.657. The first kappa shape index (κ1) is 12.8. The number of aryl methyl sites for hydroxylation is 1. The van der Waals surface area contributed by atoms with Crippen LogP contribution in [0.3, 0.4) is 0 Å². The minimum Gasteiger partial charge on any atom is -0.460 e. The third-order valence-electron chi connectivity index (χ3n) is 2.73. The van der Waals surface area contributed by atoms with Crippen molar-refractivity contribution in [3.8, 4) is 10.9 Å². The molecule has 0 fully saturated rings. The van der Waals surface area contributed by atoms with Crippen molar-refractivity contribution >= 4 is 27.5 Å². The van der Waals surface area contributed by atoms with Crippen molar-refractivity contribution in [3.63, 3.8) is 0 Å². The van der Waals surface area contributed by atoms with E-state index in [9.17, 15) is 4.79 Å². The molecule has 0 bridgehead atoms. The van der Waals surface area contributed by atoms with E-state index < -0.39 is 5.97 Å². The number of hydrogen-bond donors (Lipinski definition) is 0. The molecule has 3 aromatic rings. The van der Waals surface area contributed by atoms with Crippen molar-refractivity contribution in [1.82, 2.24) is 9.97 Å². The average Bonchev–Trinajstić information content (AvgIpc) is 3.02. The van der Waals surface area contributed by atoms with Crippen molar-refractivity contribution in [2.75, 3.05) is 6.61 Å². The van der Waals surface area contributed by atoms with Crippen LogP contribution in [0.1, 0.15) is 23.2 Å². The highest BCUT2D eigenvalue weighted by Gasteiger charge is 2.21. The molecule has 102 valence electrons. The lowest BCUT2D eigenvalue weighted by atomic mass is 10.3. The number of hydrogen-bond acceptors (Lipinski definition) is 6. The number of esters is 1. The minimum atomic E-state index is -0.495. The average molecular weight is 288 g/mol. The monoisotopic (exact) mass is 288 g/mol. The lowest BCUT2D eigenvalue weighted by Gasteiger charge is -1.96. The van der Waals surface area contributed by atoms with Crippen molar-refractivity contribution < 1.29 is 13.9 Å². The summed E-state index contributed by atoms with van der Waals surface area (Å²) in [5.74, 6) is -0.00211. The van der Waals surface area contributed by atoms with E-state index in [-0.39, 0.29) is 5.76 Å². The molecule has 0 atom stereocenters. The number of carbonyl (C=O) groups excluding carboxylic acids is 1. The van der Waals surface area contributed by atoms with Crippen LogP contribution in [0.2, 0.25) is 0 Å². The topological polar surface area (TPSA) is 65.2 Å². The lowest BCUT2D eigenvalue weighted by Crippen LogP contribution is -2.04. The highest BCUT2D eigenvalue weighted by atomic mass is 32.1. The molecule has 2 aromatic heterocycles. The first-order chi connectivity index (χ1) is 9.69. The molecule has 0 saturated carbocycles. The molecule has 1 aromatic carbocycles. The predicted molar refractivity (Wildman–Crippen MR) is 75.8 cm³/mol. The molecule has 2 heterocycles. The quantitative estimate of drug-likeness (QED) is 0.691. The van der Waals surface area contributed by atoms with E-state index in [0.29, 0.717) is 23.2 Å². The number of nitrogens with zero attached hydrogens (tertiary/aromatic N) is 2. The Kier molecular flexibility index (Phi) is 3.23. The zero-order chi connectivity index (χ0) is 14.1. The number of carbonyl (C=O) groups is 1. The number of para-hydroxylation sites is 1. The van der Waals surface area contributed by atoms with Crippen LogP contribution in [0.15, 0.2) is 28.7 Å². The summed E-state index contributed by atoms with van der Waals surface area (Å²) in [6.07, 6.45) is 0. The number of aromatic nitrogens is 2. The van der Waals surface area contributed by atoms with Gasteiger partial charge in [0.2, 0.25) is 5.76 Å². The summed E-state index contributed by atoms with van der Waals surface area (Å²) in [7, 11) is 0. The molecule has 6 heteroatoms. The minimum absolute atomic E-state index is 0.140. The zero-order valence-corrected chi connectivity index (χ0v) is 11.9. The van der Waals surface area contributed by atoms with E-state index >= 15 is 0 Å². The second-order valence-corrected chi connectivity index (χ2v) is 5.17. The zero-order valence-electron chi connectivity index (χ0n) is 11.0. The van der Waals surface area contributed by atoms with E-state index in [1.54, 1.807) is 13.8 Å². The highest BCUT2D eigenvalue weighted by molar-refractivity contribution is 7.21. The number of thiazole rings is 1. The van der Waals surface area contributed by atoms with Crippen molar-refractivity contribution in [1.29, 1.82) is 0 Å². The molecular weight excluding hydrogens is 276 g/mol. The maximum absolute atomic E-state index is 11.7. The van der Waals surface area contributed by atoms with E-state index in [1.165, 1.54) is 11.3 Å². The number of oxazole rings is 1. The Morgan fingerprint density at radius 1 is 1.35 bits per heavy atom. The fourth-order valence-corrected chi connectivity index (χ4v) is 2.73. The van der Waals surface area contributed by atoms with Crippen LogP contribution in [0, 0.1) is 6.92 Å². The Bertz CT molecular complexity index is 743. The van der Waals surface area contributed by atoms with Crippen molar-refractivity contribution in [2.24, 2.45) is 0 Å². The van der Waals surface area contributed by atoms with Crippen LogP contribution in [-0.2, 0) is 4.74 Å². The van der Waals surface area contributed by atoms with Gasteiger partial charge in [-0.1, -0.05) is 12.1 Å². The van der Waals surface area contributed by atoms with Crippen LogP contribution < -0.4 is 0 Å². The summed E-state index contributed by atoms with van der Waals surface area (Å²) in [6.45, 7) is 3.76. The molecule has 0 spiro atoms. The highest BCUT2D eigenvalue weighted by Crippen LogP contribution is 2.30. The van der Waals surface area contributed by atoms with Gasteiger partial charge in [0.15, 0.2) is 5.01 Å². The predicted octanol–water partition coefficient (Wildman–Crippen LogP) is 3.44. The summed E-state index contributed by atoms with van der Waals surface area (Å²) in [5.41, 5.74) is 1.40. The Morgan fingerprint density at radius 3 is 2.90 bits per heavy atom. The van der Waals surface area contributed by atoms with Gasteiger partial charge >= 0.3 is 5.97 Å². The summed E-state index contributed by atoms with van der Waals surface area (Å²) >= 11 is 1.48. The second-order valence-electron chi connectivity index (χ2n) is 4.14. The van der Waals surface area contributed by atoms with E-state index in [4.69, 9.17) is 9.15 Å². The molecule has 0 aliphatic heterocycles. The Labute approximate surface area is 119 Å². The summed E-state index contributed by atoms with van der Waals surface area (Å²) in [4.78, 5) is 20.4. The summed E-state index contributed by atoms with van der Waals surface area (Å²) in [6, 6.07) is 7.79. The Balaban J connectivity index is 2.02. The number of rotatable bonds is 3. The van der Waals surface area contributed by atoms with Crippen LogP contribution in [0.5, 0.6) is 0 Å². The third kappa shape index (κ3) is 2.18. The molecule has 0 unspecified atom stereocenters. The van der Waals surface area contributed by atoms with E-state index in [0.717, 1.165) is 10.2 Å². The smallest absolute Gasteiger partial charge is 0.376 e. The van der Waals surface area contributed by atoms with Gasteiger partial charge in [-0.05, 0) is 26.0 Å². The van der Waals surface area contributed by atoms with Gasteiger partial charge in [-0.15, -0.1) is 11.3 Å². The maximum Gasteiger partial charge on any atom is 0.376 e. The molecule has 0 radical (unpaired) electrons. The van der Waals surface area contributed by atoms with Crippen molar-refractivity contribution in [3.05, 3.63) is 35.7 Å². The molecule has 5 nitrogen and oxygen atoms in total. The second kappa shape index (κ2) is 5.05.